The molecule has 0 aromatic carbocycles. The van der Waals surface area contributed by atoms with Gasteiger partial charge in [0.15, 0.2) is 11.5 Å². The molecule has 0 saturated carbocycles. The number of hydrogen-bond donors (Lipinski definition) is 2. The molecular formula is C23H30N6OS. The first kappa shape index (κ1) is 21.7. The minimum atomic E-state index is -0.473. The Bertz CT molecular complexity index is 1110. The molecule has 2 N–H and O–H groups in total. The van der Waals surface area contributed by atoms with Crippen LogP contribution in [-0.2, 0) is 19.4 Å². The van der Waals surface area contributed by atoms with Crippen molar-refractivity contribution in [3.05, 3.63) is 59.3 Å². The second kappa shape index (κ2) is 9.72. The number of aliphatic hydroxyl groups excluding tert-OH is 1. The van der Waals surface area contributed by atoms with Gasteiger partial charge in [0.2, 0.25) is 0 Å². The summed E-state index contributed by atoms with van der Waals surface area (Å²) in [6.07, 6.45) is 2.99. The Balaban J connectivity index is 1.49. The summed E-state index contributed by atoms with van der Waals surface area (Å²) >= 11 is 1.67. The Labute approximate surface area is 186 Å². The van der Waals surface area contributed by atoms with E-state index in [-0.39, 0.29) is 0 Å². The molecule has 7 nitrogen and oxygen atoms in total. The molecule has 0 amide bonds. The van der Waals surface area contributed by atoms with E-state index >= 15 is 0 Å². The summed E-state index contributed by atoms with van der Waals surface area (Å²) in [5.74, 6) is 2.31. The number of nitrogens with zero attached hydrogens (tertiary/aromatic N) is 5. The van der Waals surface area contributed by atoms with E-state index in [1.165, 1.54) is 0 Å². The molecule has 4 aromatic rings. The predicted octanol–water partition coefficient (Wildman–Crippen LogP) is 3.35. The van der Waals surface area contributed by atoms with Gasteiger partial charge in [-0.05, 0) is 43.0 Å². The van der Waals surface area contributed by atoms with Gasteiger partial charge < -0.3 is 15.0 Å². The zero-order valence-corrected chi connectivity index (χ0v) is 19.1. The monoisotopic (exact) mass is 438 g/mol. The lowest BCUT2D eigenvalue weighted by Gasteiger charge is -2.15. The molecule has 0 radical (unpaired) electrons. The molecule has 0 saturated heterocycles. The average molecular weight is 439 g/mol. The maximum Gasteiger partial charge on any atom is 0.155 e. The second-order valence-electron chi connectivity index (χ2n) is 8.34. The highest BCUT2D eigenvalue weighted by molar-refractivity contribution is 7.13. The molecule has 0 fully saturated rings. The molecule has 8 heteroatoms. The van der Waals surface area contributed by atoms with Gasteiger partial charge in [-0.1, -0.05) is 26.0 Å². The molecule has 4 heterocycles. The second-order valence-corrected chi connectivity index (χ2v) is 9.29. The summed E-state index contributed by atoms with van der Waals surface area (Å²) in [6, 6.07) is 10.1. The molecule has 0 aliphatic carbocycles. The van der Waals surface area contributed by atoms with Crippen molar-refractivity contribution in [3.8, 4) is 10.6 Å². The first-order valence-electron chi connectivity index (χ1n) is 10.8. The van der Waals surface area contributed by atoms with Crippen LogP contribution in [0.15, 0.2) is 41.9 Å². The molecular weight excluding hydrogens is 408 g/mol. The number of aryl methyl sites for hydroxylation is 3. The molecule has 4 rings (SSSR count). The van der Waals surface area contributed by atoms with Crippen molar-refractivity contribution in [2.45, 2.75) is 46.3 Å². The molecule has 0 aliphatic heterocycles. The van der Waals surface area contributed by atoms with Crippen molar-refractivity contribution in [3.63, 3.8) is 0 Å². The Hall–Kier alpha value is -2.55. The summed E-state index contributed by atoms with van der Waals surface area (Å²) in [7, 11) is 0. The van der Waals surface area contributed by atoms with Gasteiger partial charge >= 0.3 is 0 Å². The summed E-state index contributed by atoms with van der Waals surface area (Å²) in [4.78, 5) is 10.7. The highest BCUT2D eigenvalue weighted by Crippen LogP contribution is 2.24. The van der Waals surface area contributed by atoms with Crippen molar-refractivity contribution in [2.75, 3.05) is 13.1 Å². The Kier molecular flexibility index (Phi) is 6.80. The molecule has 0 spiro atoms. The van der Waals surface area contributed by atoms with E-state index in [0.717, 1.165) is 40.1 Å². The quantitative estimate of drug-likeness (QED) is 0.397. The van der Waals surface area contributed by atoms with Crippen molar-refractivity contribution in [2.24, 2.45) is 5.92 Å². The number of nitrogens with one attached hydrogen (secondary N) is 1. The zero-order chi connectivity index (χ0) is 21.8. The standard InChI is InChI=1S/C23H30N6OS/c1-16(2)12-24-13-18(30)14-28-15-19(20-7-5-11-31-20)25-22(28)10-9-21-26-23-8-4-6-17(3)29(23)27-21/h4-8,11,15-16,18,24,30H,9-10,12-14H2,1-3H3/t18-/m0/s1. The SMILES string of the molecule is Cc1cccc2nc(CCc3nc(-c4cccs4)cn3C[C@@H](O)CNCC(C)C)nn12. The van der Waals surface area contributed by atoms with E-state index in [1.54, 1.807) is 11.3 Å². The number of thiophene rings is 1. The van der Waals surface area contributed by atoms with Gasteiger partial charge in [-0.3, -0.25) is 0 Å². The van der Waals surface area contributed by atoms with Gasteiger partial charge in [0, 0.05) is 31.3 Å². The first-order chi connectivity index (χ1) is 15.0. The third-order valence-electron chi connectivity index (χ3n) is 5.14. The molecule has 0 aliphatic rings. The average Bonchev–Trinajstić information content (AvgIpc) is 3.46. The van der Waals surface area contributed by atoms with Crippen LogP contribution >= 0.6 is 11.3 Å². The fraction of sp³-hybridized carbons (Fsp3) is 0.435. The fourth-order valence-electron chi connectivity index (χ4n) is 3.59. The van der Waals surface area contributed by atoms with Crippen LogP contribution in [0.5, 0.6) is 0 Å². The summed E-state index contributed by atoms with van der Waals surface area (Å²) < 4.78 is 3.96. The minimum Gasteiger partial charge on any atom is -0.390 e. The minimum absolute atomic E-state index is 0.473. The van der Waals surface area contributed by atoms with Crippen LogP contribution in [0.2, 0.25) is 0 Å². The van der Waals surface area contributed by atoms with Crippen LogP contribution in [0.25, 0.3) is 16.2 Å². The molecule has 1 atom stereocenters. The van der Waals surface area contributed by atoms with Crippen LogP contribution in [-0.4, -0.2) is 48.4 Å². The molecule has 0 unspecified atom stereocenters. The smallest absolute Gasteiger partial charge is 0.155 e. The van der Waals surface area contributed by atoms with Crippen LogP contribution in [0.3, 0.4) is 0 Å². The number of pyridine rings is 1. The number of aliphatic hydroxyl groups is 1. The largest absolute Gasteiger partial charge is 0.390 e. The lowest BCUT2D eigenvalue weighted by Crippen LogP contribution is -2.32. The van der Waals surface area contributed by atoms with Crippen molar-refractivity contribution in [1.82, 2.24) is 29.5 Å². The van der Waals surface area contributed by atoms with Crippen molar-refractivity contribution >= 4 is 17.0 Å². The molecule has 31 heavy (non-hydrogen) atoms. The van der Waals surface area contributed by atoms with E-state index < -0.39 is 6.10 Å². The lowest BCUT2D eigenvalue weighted by atomic mass is 10.2. The number of aromatic nitrogens is 5. The lowest BCUT2D eigenvalue weighted by molar-refractivity contribution is 0.149. The molecule has 164 valence electrons. The summed E-state index contributed by atoms with van der Waals surface area (Å²) in [5.41, 5.74) is 2.88. The zero-order valence-electron chi connectivity index (χ0n) is 18.3. The van der Waals surface area contributed by atoms with Gasteiger partial charge in [-0.15, -0.1) is 11.3 Å². The fourth-order valence-corrected chi connectivity index (χ4v) is 4.27. The van der Waals surface area contributed by atoms with Crippen molar-refractivity contribution < 1.29 is 5.11 Å². The highest BCUT2D eigenvalue weighted by Gasteiger charge is 2.15. The van der Waals surface area contributed by atoms with E-state index in [4.69, 9.17) is 4.98 Å². The Morgan fingerprint density at radius 3 is 2.71 bits per heavy atom. The van der Waals surface area contributed by atoms with E-state index in [1.807, 2.05) is 41.9 Å². The number of rotatable bonds is 10. The Morgan fingerprint density at radius 2 is 1.97 bits per heavy atom. The van der Waals surface area contributed by atoms with E-state index in [0.29, 0.717) is 31.8 Å². The third-order valence-corrected chi connectivity index (χ3v) is 6.03. The normalized spacial score (nSPS) is 12.8. The highest BCUT2D eigenvalue weighted by atomic mass is 32.1. The summed E-state index contributed by atoms with van der Waals surface area (Å²) in [6.45, 7) is 8.33. The first-order valence-corrected chi connectivity index (χ1v) is 11.7. The maximum absolute atomic E-state index is 10.6. The maximum atomic E-state index is 10.6. The number of fused-ring (bicyclic) bond motifs is 1. The van der Waals surface area contributed by atoms with Crippen LogP contribution in [0.1, 0.15) is 31.2 Å². The van der Waals surface area contributed by atoms with Crippen LogP contribution < -0.4 is 5.32 Å². The van der Waals surface area contributed by atoms with E-state index in [9.17, 15) is 5.11 Å². The van der Waals surface area contributed by atoms with E-state index in [2.05, 4.69) is 45.3 Å². The number of imidazole rings is 1. The van der Waals surface area contributed by atoms with Gasteiger partial charge in [0.05, 0.1) is 23.2 Å². The molecule has 4 aromatic heterocycles. The number of hydrogen-bond acceptors (Lipinski definition) is 6. The van der Waals surface area contributed by atoms with Crippen LogP contribution in [0, 0.1) is 12.8 Å². The summed E-state index contributed by atoms with van der Waals surface area (Å²) in [5, 5.41) is 20.6. The predicted molar refractivity (Wildman–Crippen MR) is 124 cm³/mol. The molecule has 0 bridgehead atoms. The third kappa shape index (κ3) is 5.39. The van der Waals surface area contributed by atoms with Crippen LogP contribution in [0.4, 0.5) is 0 Å². The van der Waals surface area contributed by atoms with Crippen molar-refractivity contribution in [1.29, 1.82) is 0 Å². The topological polar surface area (TPSA) is 80.3 Å². The van der Waals surface area contributed by atoms with Gasteiger partial charge in [0.1, 0.15) is 5.82 Å². The van der Waals surface area contributed by atoms with Gasteiger partial charge in [0.25, 0.3) is 0 Å². The Morgan fingerprint density at radius 1 is 1.10 bits per heavy atom. The van der Waals surface area contributed by atoms with Gasteiger partial charge in [-0.25, -0.2) is 14.5 Å². The van der Waals surface area contributed by atoms with Gasteiger partial charge in [-0.2, -0.15) is 5.10 Å².